The van der Waals surface area contributed by atoms with E-state index in [1.54, 1.807) is 24.3 Å². The molecule has 1 aromatic carbocycles. The Bertz CT molecular complexity index is 476. The zero-order valence-electron chi connectivity index (χ0n) is 11.4. The van der Waals surface area contributed by atoms with Gasteiger partial charge in [0, 0.05) is 6.54 Å². The van der Waals surface area contributed by atoms with Crippen LogP contribution in [0.15, 0.2) is 24.3 Å². The van der Waals surface area contributed by atoms with Crippen LogP contribution in [0.4, 0.5) is 10.5 Å². The number of phenols is 1. The maximum atomic E-state index is 11.3. The van der Waals surface area contributed by atoms with Crippen molar-refractivity contribution in [2.24, 2.45) is 0 Å². The zero-order chi connectivity index (χ0) is 14.5. The molecule has 5 nitrogen and oxygen atoms in total. The van der Waals surface area contributed by atoms with E-state index in [1.165, 1.54) is 6.07 Å². The van der Waals surface area contributed by atoms with Crippen LogP contribution < -0.4 is 11.1 Å². The molecule has 0 aliphatic rings. The number of carbonyl (C=O) groups excluding carboxylic acids is 1. The number of amides is 1. The summed E-state index contributed by atoms with van der Waals surface area (Å²) < 4.78 is 5.09. The van der Waals surface area contributed by atoms with Crippen molar-refractivity contribution in [3.63, 3.8) is 0 Å². The van der Waals surface area contributed by atoms with E-state index in [0.717, 1.165) is 5.56 Å². The second-order valence-electron chi connectivity index (χ2n) is 5.10. The molecule has 0 atom stereocenters. The van der Waals surface area contributed by atoms with E-state index in [0.29, 0.717) is 12.2 Å². The first kappa shape index (κ1) is 14.9. The van der Waals surface area contributed by atoms with Crippen molar-refractivity contribution in [3.05, 3.63) is 29.8 Å². The van der Waals surface area contributed by atoms with Crippen molar-refractivity contribution in [2.45, 2.75) is 26.4 Å². The van der Waals surface area contributed by atoms with Crippen LogP contribution in [-0.2, 0) is 4.74 Å². The Morgan fingerprint density at radius 3 is 2.74 bits per heavy atom. The highest BCUT2D eigenvalue weighted by Crippen LogP contribution is 2.20. The first-order chi connectivity index (χ1) is 8.78. The number of benzene rings is 1. The van der Waals surface area contributed by atoms with Gasteiger partial charge in [0.15, 0.2) is 0 Å². The number of alkyl carbamates (subject to hydrolysis) is 1. The molecule has 1 aromatic rings. The van der Waals surface area contributed by atoms with Crippen LogP contribution in [-0.4, -0.2) is 23.3 Å². The van der Waals surface area contributed by atoms with Crippen LogP contribution in [0.1, 0.15) is 26.3 Å². The Morgan fingerprint density at radius 2 is 2.16 bits per heavy atom. The lowest BCUT2D eigenvalue weighted by Gasteiger charge is -2.19. The van der Waals surface area contributed by atoms with Gasteiger partial charge in [0.05, 0.1) is 5.69 Å². The molecule has 0 bridgehead atoms. The quantitative estimate of drug-likeness (QED) is 0.578. The second kappa shape index (κ2) is 6.13. The predicted octanol–water partition coefficient (Wildman–Crippen LogP) is 2.51. The largest absolute Gasteiger partial charge is 0.506 e. The summed E-state index contributed by atoms with van der Waals surface area (Å²) in [4.78, 5) is 11.3. The van der Waals surface area contributed by atoms with Gasteiger partial charge in [-0.15, -0.1) is 0 Å². The molecule has 1 amide bonds. The van der Waals surface area contributed by atoms with Crippen LogP contribution in [0.2, 0.25) is 0 Å². The number of hydrogen-bond acceptors (Lipinski definition) is 4. The summed E-state index contributed by atoms with van der Waals surface area (Å²) in [6, 6.07) is 4.91. The van der Waals surface area contributed by atoms with Gasteiger partial charge >= 0.3 is 6.09 Å². The van der Waals surface area contributed by atoms with E-state index in [2.05, 4.69) is 5.32 Å². The fourth-order valence-corrected chi connectivity index (χ4v) is 1.33. The number of hydrogen-bond donors (Lipinski definition) is 3. The van der Waals surface area contributed by atoms with Gasteiger partial charge in [-0.05, 0) is 38.5 Å². The average molecular weight is 264 g/mol. The van der Waals surface area contributed by atoms with Gasteiger partial charge in [0.2, 0.25) is 0 Å². The molecule has 5 heteroatoms. The molecular formula is C14H20N2O3. The molecule has 0 fully saturated rings. The van der Waals surface area contributed by atoms with Crippen molar-refractivity contribution in [1.82, 2.24) is 5.32 Å². The lowest BCUT2D eigenvalue weighted by molar-refractivity contribution is 0.0534. The Hall–Kier alpha value is -2.17. The molecular weight excluding hydrogens is 244 g/mol. The van der Waals surface area contributed by atoms with Crippen LogP contribution >= 0.6 is 0 Å². The summed E-state index contributed by atoms with van der Waals surface area (Å²) in [7, 11) is 0. The molecule has 0 aromatic heterocycles. The van der Waals surface area contributed by atoms with Crippen LogP contribution in [0, 0.1) is 0 Å². The number of aromatic hydroxyl groups is 1. The number of phenolic OH excluding ortho intramolecular Hbond substituents is 1. The van der Waals surface area contributed by atoms with Crippen LogP contribution in [0.3, 0.4) is 0 Å². The molecule has 19 heavy (non-hydrogen) atoms. The summed E-state index contributed by atoms with van der Waals surface area (Å²) in [5, 5.41) is 11.9. The number of nitrogen functional groups attached to an aromatic ring is 1. The Labute approximate surface area is 113 Å². The second-order valence-corrected chi connectivity index (χ2v) is 5.10. The van der Waals surface area contributed by atoms with Gasteiger partial charge in [-0.3, -0.25) is 0 Å². The molecule has 104 valence electrons. The van der Waals surface area contributed by atoms with E-state index >= 15 is 0 Å². The number of nitrogens with one attached hydrogen (secondary N) is 1. The molecule has 0 radical (unpaired) electrons. The number of rotatable bonds is 3. The third-order valence-corrected chi connectivity index (χ3v) is 2.13. The van der Waals surface area contributed by atoms with Gasteiger partial charge in [0.25, 0.3) is 0 Å². The molecule has 0 saturated carbocycles. The lowest BCUT2D eigenvalue weighted by atomic mass is 10.2. The van der Waals surface area contributed by atoms with Crippen molar-refractivity contribution in [3.8, 4) is 5.75 Å². The van der Waals surface area contributed by atoms with Crippen LogP contribution in [0.5, 0.6) is 5.75 Å². The third-order valence-electron chi connectivity index (χ3n) is 2.13. The van der Waals surface area contributed by atoms with Gasteiger partial charge in [-0.25, -0.2) is 4.79 Å². The first-order valence-corrected chi connectivity index (χ1v) is 6.00. The predicted molar refractivity (Wildman–Crippen MR) is 75.8 cm³/mol. The summed E-state index contributed by atoms with van der Waals surface area (Å²) >= 11 is 0. The summed E-state index contributed by atoms with van der Waals surface area (Å²) in [5.41, 5.74) is 6.24. The van der Waals surface area contributed by atoms with Crippen molar-refractivity contribution < 1.29 is 14.6 Å². The highest BCUT2D eigenvalue weighted by Gasteiger charge is 2.14. The number of anilines is 1. The Balaban J connectivity index is 2.42. The van der Waals surface area contributed by atoms with Crippen molar-refractivity contribution >= 4 is 17.9 Å². The average Bonchev–Trinajstić information content (AvgIpc) is 2.27. The first-order valence-electron chi connectivity index (χ1n) is 6.00. The summed E-state index contributed by atoms with van der Waals surface area (Å²) in [5.74, 6) is 0.0593. The Kier molecular flexibility index (Phi) is 4.80. The maximum absolute atomic E-state index is 11.3. The highest BCUT2D eigenvalue weighted by atomic mass is 16.6. The molecule has 1 rings (SSSR count). The molecule has 0 heterocycles. The monoisotopic (exact) mass is 264 g/mol. The summed E-state index contributed by atoms with van der Waals surface area (Å²) in [6.45, 7) is 5.78. The standard InChI is InChI=1S/C14H20N2O3/c1-14(2,3)19-13(18)16-8-4-5-10-6-7-12(17)11(15)9-10/h4-7,9,17H,8,15H2,1-3H3,(H,16,18). The highest BCUT2D eigenvalue weighted by molar-refractivity contribution is 5.68. The van der Waals surface area contributed by atoms with Gasteiger partial charge in [0.1, 0.15) is 11.4 Å². The normalized spacial score (nSPS) is 11.5. The Morgan fingerprint density at radius 1 is 1.47 bits per heavy atom. The summed E-state index contributed by atoms with van der Waals surface area (Å²) in [6.07, 6.45) is 3.12. The van der Waals surface area contributed by atoms with E-state index in [1.807, 2.05) is 20.8 Å². The molecule has 0 spiro atoms. The van der Waals surface area contributed by atoms with Crippen molar-refractivity contribution in [2.75, 3.05) is 12.3 Å². The minimum absolute atomic E-state index is 0.0593. The van der Waals surface area contributed by atoms with Gasteiger partial charge < -0.3 is 20.9 Å². The van der Waals surface area contributed by atoms with E-state index in [4.69, 9.17) is 10.5 Å². The van der Waals surface area contributed by atoms with E-state index < -0.39 is 11.7 Å². The topological polar surface area (TPSA) is 84.6 Å². The lowest BCUT2D eigenvalue weighted by Crippen LogP contribution is -2.32. The van der Waals surface area contributed by atoms with Crippen LogP contribution in [0.25, 0.3) is 6.08 Å². The molecule has 0 unspecified atom stereocenters. The molecule has 0 aliphatic heterocycles. The number of ether oxygens (including phenoxy) is 1. The van der Waals surface area contributed by atoms with E-state index in [-0.39, 0.29) is 5.75 Å². The number of carbonyl (C=O) groups is 1. The fraction of sp³-hybridized carbons (Fsp3) is 0.357. The van der Waals surface area contributed by atoms with E-state index in [9.17, 15) is 9.90 Å². The van der Waals surface area contributed by atoms with Gasteiger partial charge in [-0.1, -0.05) is 18.2 Å². The molecule has 0 saturated heterocycles. The fourth-order valence-electron chi connectivity index (χ4n) is 1.33. The molecule has 4 N–H and O–H groups in total. The number of nitrogens with two attached hydrogens (primary N) is 1. The zero-order valence-corrected chi connectivity index (χ0v) is 11.4. The SMILES string of the molecule is CC(C)(C)OC(=O)NCC=Cc1ccc(O)c(N)c1. The maximum Gasteiger partial charge on any atom is 0.407 e. The minimum Gasteiger partial charge on any atom is -0.506 e. The third kappa shape index (κ3) is 5.81. The molecule has 0 aliphatic carbocycles. The minimum atomic E-state index is -0.501. The smallest absolute Gasteiger partial charge is 0.407 e. The van der Waals surface area contributed by atoms with Crippen molar-refractivity contribution in [1.29, 1.82) is 0 Å². The van der Waals surface area contributed by atoms with Gasteiger partial charge in [-0.2, -0.15) is 0 Å².